The Morgan fingerprint density at radius 1 is 1.40 bits per heavy atom. The lowest BCUT2D eigenvalue weighted by Crippen LogP contribution is -2.31. The summed E-state index contributed by atoms with van der Waals surface area (Å²) >= 11 is 9.77. The molecule has 0 aliphatic heterocycles. The van der Waals surface area contributed by atoms with Crippen LogP contribution in [0.5, 0.6) is 0 Å². The van der Waals surface area contributed by atoms with Gasteiger partial charge in [-0.3, -0.25) is 0 Å². The molecule has 0 atom stereocenters. The number of para-hydroxylation sites is 1. The van der Waals surface area contributed by atoms with Crippen LogP contribution < -0.4 is 4.90 Å². The first-order valence-electron chi connectivity index (χ1n) is 5.21. The Balaban J connectivity index is 3.20. The first-order valence-corrected chi connectivity index (χ1v) is 6.71. The molecule has 0 heterocycles. The molecule has 0 spiro atoms. The molecule has 1 rings (SSSR count). The van der Waals surface area contributed by atoms with Crippen LogP contribution in [-0.4, -0.2) is 12.6 Å². The highest BCUT2D eigenvalue weighted by Crippen LogP contribution is 2.32. The van der Waals surface area contributed by atoms with Crippen molar-refractivity contribution < 1.29 is 0 Å². The summed E-state index contributed by atoms with van der Waals surface area (Å²) in [5.74, 6) is 0. The molecule has 0 saturated carbocycles. The van der Waals surface area contributed by atoms with Gasteiger partial charge in [-0.25, -0.2) is 0 Å². The molecule has 0 aliphatic carbocycles. The Hall–Kier alpha value is -0.210. The van der Waals surface area contributed by atoms with E-state index in [1.807, 2.05) is 12.1 Å². The molecular formula is C12H17BrClN. The van der Waals surface area contributed by atoms with Gasteiger partial charge in [-0.1, -0.05) is 39.7 Å². The first kappa shape index (κ1) is 12.9. The molecule has 0 radical (unpaired) electrons. The highest BCUT2D eigenvalue weighted by molar-refractivity contribution is 9.08. The van der Waals surface area contributed by atoms with E-state index >= 15 is 0 Å². The Morgan fingerprint density at radius 2 is 2.07 bits per heavy atom. The molecule has 0 amide bonds. The molecule has 1 nitrogen and oxygen atoms in total. The lowest BCUT2D eigenvalue weighted by atomic mass is 10.1. The summed E-state index contributed by atoms with van der Waals surface area (Å²) in [5.41, 5.74) is 2.41. The molecule has 0 aromatic heterocycles. The van der Waals surface area contributed by atoms with Crippen molar-refractivity contribution in [3.05, 3.63) is 28.8 Å². The van der Waals surface area contributed by atoms with Crippen molar-refractivity contribution in [3.63, 3.8) is 0 Å². The lowest BCUT2D eigenvalue weighted by Gasteiger charge is -2.30. The van der Waals surface area contributed by atoms with E-state index in [4.69, 9.17) is 11.6 Å². The van der Waals surface area contributed by atoms with Gasteiger partial charge in [-0.2, -0.15) is 0 Å². The van der Waals surface area contributed by atoms with Crippen LogP contribution in [0.1, 0.15) is 26.3 Å². The zero-order valence-electron chi connectivity index (χ0n) is 9.43. The topological polar surface area (TPSA) is 3.24 Å². The predicted octanol–water partition coefficient (Wildman–Crippen LogP) is 4.47. The number of rotatable bonds is 4. The second-order valence-corrected chi connectivity index (χ2v) is 4.73. The normalized spacial score (nSPS) is 10.8. The third-order valence-electron chi connectivity index (χ3n) is 2.47. The van der Waals surface area contributed by atoms with E-state index < -0.39 is 0 Å². The van der Waals surface area contributed by atoms with Crippen LogP contribution in [0, 0.1) is 0 Å². The summed E-state index contributed by atoms with van der Waals surface area (Å²) in [6.07, 6.45) is 0. The molecule has 15 heavy (non-hydrogen) atoms. The maximum atomic E-state index is 6.26. The van der Waals surface area contributed by atoms with Gasteiger partial charge in [0, 0.05) is 17.9 Å². The number of halogens is 2. The number of nitrogens with zero attached hydrogens (tertiary/aromatic N) is 1. The smallest absolute Gasteiger partial charge is 0.0642 e. The molecule has 84 valence electrons. The van der Waals surface area contributed by atoms with Crippen LogP contribution in [-0.2, 0) is 5.33 Å². The Bertz CT molecular complexity index is 325. The summed E-state index contributed by atoms with van der Waals surface area (Å²) in [5, 5.41) is 1.68. The minimum Gasteiger partial charge on any atom is -0.368 e. The van der Waals surface area contributed by atoms with Gasteiger partial charge < -0.3 is 4.90 Å². The number of anilines is 1. The molecular weight excluding hydrogens is 273 g/mol. The Labute approximate surface area is 106 Å². The van der Waals surface area contributed by atoms with E-state index in [0.29, 0.717) is 6.04 Å². The number of benzene rings is 1. The molecule has 0 aliphatic rings. The average molecular weight is 291 g/mol. The summed E-state index contributed by atoms with van der Waals surface area (Å²) < 4.78 is 0. The highest BCUT2D eigenvalue weighted by Gasteiger charge is 2.15. The third-order valence-corrected chi connectivity index (χ3v) is 3.37. The van der Waals surface area contributed by atoms with Crippen LogP contribution >= 0.6 is 27.5 Å². The second-order valence-electron chi connectivity index (χ2n) is 3.76. The van der Waals surface area contributed by atoms with Crippen LogP contribution in [0.3, 0.4) is 0 Å². The van der Waals surface area contributed by atoms with Crippen molar-refractivity contribution in [2.75, 3.05) is 11.4 Å². The minimum absolute atomic E-state index is 0.465. The standard InChI is InChI=1S/C12H17BrClN/c1-4-15(9(2)3)12-10(8-13)6-5-7-11(12)14/h5-7,9H,4,8H2,1-3H3. The van der Waals surface area contributed by atoms with E-state index in [9.17, 15) is 0 Å². The fourth-order valence-electron chi connectivity index (χ4n) is 1.77. The minimum atomic E-state index is 0.465. The maximum Gasteiger partial charge on any atom is 0.0642 e. The van der Waals surface area contributed by atoms with Crippen molar-refractivity contribution in [1.29, 1.82) is 0 Å². The van der Waals surface area contributed by atoms with Gasteiger partial charge in [-0.05, 0) is 32.4 Å². The largest absolute Gasteiger partial charge is 0.368 e. The van der Waals surface area contributed by atoms with E-state index in [1.54, 1.807) is 0 Å². The Kier molecular flexibility index (Phi) is 4.94. The fraction of sp³-hybridized carbons (Fsp3) is 0.500. The molecule has 1 aromatic rings. The molecule has 1 aromatic carbocycles. The highest BCUT2D eigenvalue weighted by atomic mass is 79.9. The van der Waals surface area contributed by atoms with Gasteiger partial charge in [0.25, 0.3) is 0 Å². The maximum absolute atomic E-state index is 6.26. The summed E-state index contributed by atoms with van der Waals surface area (Å²) in [4.78, 5) is 2.32. The van der Waals surface area contributed by atoms with Crippen molar-refractivity contribution >= 4 is 33.2 Å². The molecule has 3 heteroatoms. The number of hydrogen-bond acceptors (Lipinski definition) is 1. The van der Waals surface area contributed by atoms with Crippen LogP contribution in [0.4, 0.5) is 5.69 Å². The number of hydrogen-bond donors (Lipinski definition) is 0. The monoisotopic (exact) mass is 289 g/mol. The van der Waals surface area contributed by atoms with Gasteiger partial charge in [0.15, 0.2) is 0 Å². The second kappa shape index (κ2) is 5.76. The van der Waals surface area contributed by atoms with E-state index in [1.165, 1.54) is 5.56 Å². The van der Waals surface area contributed by atoms with Gasteiger partial charge in [0.05, 0.1) is 10.7 Å². The van der Waals surface area contributed by atoms with Crippen molar-refractivity contribution in [3.8, 4) is 0 Å². The third kappa shape index (κ3) is 2.88. The van der Waals surface area contributed by atoms with E-state index in [2.05, 4.69) is 47.7 Å². The van der Waals surface area contributed by atoms with Gasteiger partial charge in [0.1, 0.15) is 0 Å². The zero-order chi connectivity index (χ0) is 11.4. The SMILES string of the molecule is CCN(c1c(Cl)cccc1CBr)C(C)C. The molecule has 0 saturated heterocycles. The van der Waals surface area contributed by atoms with Crippen LogP contribution in [0.25, 0.3) is 0 Å². The summed E-state index contributed by atoms with van der Waals surface area (Å²) in [7, 11) is 0. The molecule has 0 bridgehead atoms. The quantitative estimate of drug-likeness (QED) is 0.740. The van der Waals surface area contributed by atoms with Gasteiger partial charge in [-0.15, -0.1) is 0 Å². The van der Waals surface area contributed by atoms with Crippen molar-refractivity contribution in [1.82, 2.24) is 0 Å². The van der Waals surface area contributed by atoms with Crippen LogP contribution in [0.2, 0.25) is 5.02 Å². The molecule has 0 unspecified atom stereocenters. The molecule has 0 N–H and O–H groups in total. The lowest BCUT2D eigenvalue weighted by molar-refractivity contribution is 0.701. The number of alkyl halides is 1. The van der Waals surface area contributed by atoms with E-state index in [0.717, 1.165) is 22.6 Å². The van der Waals surface area contributed by atoms with Crippen molar-refractivity contribution in [2.24, 2.45) is 0 Å². The van der Waals surface area contributed by atoms with Crippen LogP contribution in [0.15, 0.2) is 18.2 Å². The first-order chi connectivity index (χ1) is 7.11. The zero-order valence-corrected chi connectivity index (χ0v) is 11.8. The van der Waals surface area contributed by atoms with Gasteiger partial charge >= 0.3 is 0 Å². The van der Waals surface area contributed by atoms with E-state index in [-0.39, 0.29) is 0 Å². The average Bonchev–Trinajstić information content (AvgIpc) is 2.21. The van der Waals surface area contributed by atoms with Crippen molar-refractivity contribution in [2.45, 2.75) is 32.1 Å². The summed E-state index contributed by atoms with van der Waals surface area (Å²) in [6.45, 7) is 7.50. The Morgan fingerprint density at radius 3 is 2.53 bits per heavy atom. The summed E-state index contributed by atoms with van der Waals surface area (Å²) in [6, 6.07) is 6.53. The fourth-order valence-corrected chi connectivity index (χ4v) is 2.53. The molecule has 0 fully saturated rings. The predicted molar refractivity (Wildman–Crippen MR) is 72.2 cm³/mol. The van der Waals surface area contributed by atoms with Gasteiger partial charge in [0.2, 0.25) is 0 Å².